The topological polar surface area (TPSA) is 19.1 Å². The minimum atomic E-state index is 0.559. The van der Waals surface area contributed by atoms with Gasteiger partial charge in [0.05, 0.1) is 22.1 Å². The van der Waals surface area contributed by atoms with E-state index in [4.69, 9.17) is 4.74 Å². The molecule has 25 heavy (non-hydrogen) atoms. The molecule has 0 saturated heterocycles. The van der Waals surface area contributed by atoms with Gasteiger partial charge in [-0.3, -0.25) is 0 Å². The summed E-state index contributed by atoms with van der Waals surface area (Å²) in [5.41, 5.74) is 4.88. The first kappa shape index (κ1) is 14.4. The summed E-state index contributed by atoms with van der Waals surface area (Å²) >= 11 is 7.74. The molecule has 5 heteroatoms. The molecule has 3 nitrogen and oxygen atoms in total. The summed E-state index contributed by atoms with van der Waals surface area (Å²) in [6.07, 6.45) is 0. The third-order valence-electron chi connectivity index (χ3n) is 5.24. The molecule has 0 radical (unpaired) electrons. The second-order valence-electron chi connectivity index (χ2n) is 6.43. The van der Waals surface area contributed by atoms with Crippen molar-refractivity contribution in [2.24, 2.45) is 0 Å². The van der Waals surface area contributed by atoms with Gasteiger partial charge in [-0.05, 0) is 44.0 Å². The summed E-state index contributed by atoms with van der Waals surface area (Å²) in [6.45, 7) is 1.12. The molecular weight excluding hydrogens is 444 g/mol. The lowest BCUT2D eigenvalue weighted by atomic mass is 10.1. The standard InChI is InChI=1S/C20H12Br2N2O/c21-17-15-11-5-1-3-7-13(11)23-9-25-10-24-14-8-4-2-6-12(14)16(18(17)22)20(24)19(15)23/h1-8H,9-10H2. The number of para-hydroxylation sites is 2. The van der Waals surface area contributed by atoms with Crippen LogP contribution in [0.5, 0.6) is 0 Å². The van der Waals surface area contributed by atoms with Gasteiger partial charge in [0.25, 0.3) is 0 Å². The van der Waals surface area contributed by atoms with E-state index in [0.717, 1.165) is 8.95 Å². The number of hydrogen-bond donors (Lipinski definition) is 0. The molecule has 0 aliphatic carbocycles. The SMILES string of the molecule is Brc1c(Br)c2c3ccccc3n3c2c2c1c1ccccc1n2COC3. The number of hydrogen-bond acceptors (Lipinski definition) is 1. The lowest BCUT2D eigenvalue weighted by Gasteiger charge is -2.06. The van der Waals surface area contributed by atoms with E-state index < -0.39 is 0 Å². The van der Waals surface area contributed by atoms with Crippen molar-refractivity contribution in [2.45, 2.75) is 13.5 Å². The van der Waals surface area contributed by atoms with Crippen LogP contribution in [0.15, 0.2) is 57.5 Å². The normalized spacial score (nSPS) is 14.3. The van der Waals surface area contributed by atoms with E-state index in [-0.39, 0.29) is 0 Å². The third-order valence-corrected chi connectivity index (χ3v) is 7.36. The van der Waals surface area contributed by atoms with Gasteiger partial charge in [-0.15, -0.1) is 0 Å². The maximum absolute atomic E-state index is 6.07. The highest BCUT2D eigenvalue weighted by Crippen LogP contribution is 2.48. The first-order chi connectivity index (χ1) is 12.3. The summed E-state index contributed by atoms with van der Waals surface area (Å²) in [5.74, 6) is 0. The Labute approximate surface area is 160 Å². The number of nitrogens with zero attached hydrogens (tertiary/aromatic N) is 2. The largest absolute Gasteiger partial charge is 0.340 e. The van der Waals surface area contributed by atoms with Crippen molar-refractivity contribution in [1.29, 1.82) is 0 Å². The van der Waals surface area contributed by atoms with Gasteiger partial charge in [0.2, 0.25) is 0 Å². The number of halogens is 2. The molecule has 0 N–H and O–H groups in total. The molecule has 3 aromatic carbocycles. The quantitative estimate of drug-likeness (QED) is 0.265. The number of aromatic nitrogens is 2. The first-order valence-corrected chi connectivity index (χ1v) is 9.72. The zero-order valence-corrected chi connectivity index (χ0v) is 16.3. The van der Waals surface area contributed by atoms with Crippen molar-refractivity contribution in [3.8, 4) is 0 Å². The molecule has 0 amide bonds. The van der Waals surface area contributed by atoms with Crippen molar-refractivity contribution in [3.05, 3.63) is 57.5 Å². The zero-order valence-electron chi connectivity index (χ0n) is 13.1. The van der Waals surface area contributed by atoms with E-state index in [0.29, 0.717) is 13.5 Å². The molecule has 0 fully saturated rings. The van der Waals surface area contributed by atoms with E-state index in [1.165, 1.54) is 43.6 Å². The van der Waals surface area contributed by atoms with E-state index >= 15 is 0 Å². The third kappa shape index (κ3) is 1.64. The fourth-order valence-corrected chi connectivity index (χ4v) is 5.45. The second-order valence-corrected chi connectivity index (χ2v) is 8.01. The molecule has 6 rings (SSSR count). The van der Waals surface area contributed by atoms with Crippen LogP contribution in [0.3, 0.4) is 0 Å². The summed E-state index contributed by atoms with van der Waals surface area (Å²) in [7, 11) is 0. The molecule has 5 aromatic rings. The fourth-order valence-electron chi connectivity index (χ4n) is 4.25. The Balaban J connectivity index is 2.07. The molecule has 1 aliphatic rings. The maximum atomic E-state index is 6.07. The van der Waals surface area contributed by atoms with Crippen LogP contribution in [0.25, 0.3) is 43.6 Å². The minimum Gasteiger partial charge on any atom is -0.340 e. The number of ether oxygens (including phenoxy) is 1. The van der Waals surface area contributed by atoms with Gasteiger partial charge in [-0.25, -0.2) is 0 Å². The fraction of sp³-hybridized carbons (Fsp3) is 0.100. The highest BCUT2D eigenvalue weighted by molar-refractivity contribution is 9.13. The number of fused-ring (bicyclic) bond motifs is 6. The maximum Gasteiger partial charge on any atom is 0.125 e. The predicted octanol–water partition coefficient (Wildman–Crippen LogP) is 6.37. The van der Waals surface area contributed by atoms with Gasteiger partial charge >= 0.3 is 0 Å². The van der Waals surface area contributed by atoms with Crippen LogP contribution in [0.2, 0.25) is 0 Å². The molecular formula is C20H12Br2N2O. The highest BCUT2D eigenvalue weighted by atomic mass is 79.9. The molecule has 0 saturated carbocycles. The smallest absolute Gasteiger partial charge is 0.125 e. The lowest BCUT2D eigenvalue weighted by molar-refractivity contribution is 0.0396. The van der Waals surface area contributed by atoms with Crippen LogP contribution in [-0.4, -0.2) is 9.13 Å². The minimum absolute atomic E-state index is 0.559. The molecule has 0 unspecified atom stereocenters. The van der Waals surface area contributed by atoms with Crippen LogP contribution in [-0.2, 0) is 18.2 Å². The van der Waals surface area contributed by atoms with Crippen molar-refractivity contribution in [3.63, 3.8) is 0 Å². The van der Waals surface area contributed by atoms with Gasteiger partial charge in [0, 0.05) is 30.5 Å². The van der Waals surface area contributed by atoms with Crippen molar-refractivity contribution in [2.75, 3.05) is 0 Å². The Morgan fingerprint density at radius 3 is 1.60 bits per heavy atom. The summed E-state index contributed by atoms with van der Waals surface area (Å²) in [6, 6.07) is 17.1. The Bertz CT molecular complexity index is 1240. The molecule has 0 bridgehead atoms. The van der Waals surface area contributed by atoms with Crippen LogP contribution >= 0.6 is 31.9 Å². The molecule has 0 spiro atoms. The van der Waals surface area contributed by atoms with Crippen molar-refractivity contribution >= 4 is 75.5 Å². The Kier molecular flexibility index (Phi) is 2.80. The van der Waals surface area contributed by atoms with Crippen LogP contribution in [0, 0.1) is 0 Å². The molecule has 3 heterocycles. The average molecular weight is 456 g/mol. The Morgan fingerprint density at radius 1 is 0.680 bits per heavy atom. The highest BCUT2D eigenvalue weighted by Gasteiger charge is 2.25. The van der Waals surface area contributed by atoms with Gasteiger partial charge in [0.15, 0.2) is 0 Å². The number of rotatable bonds is 0. The van der Waals surface area contributed by atoms with E-state index in [2.05, 4.69) is 89.5 Å². The van der Waals surface area contributed by atoms with Crippen LogP contribution < -0.4 is 0 Å². The lowest BCUT2D eigenvalue weighted by Crippen LogP contribution is -2.02. The molecule has 2 aromatic heterocycles. The van der Waals surface area contributed by atoms with Crippen LogP contribution in [0.4, 0.5) is 0 Å². The predicted molar refractivity (Wildman–Crippen MR) is 109 cm³/mol. The van der Waals surface area contributed by atoms with Crippen molar-refractivity contribution < 1.29 is 4.74 Å². The van der Waals surface area contributed by atoms with Gasteiger partial charge in [0.1, 0.15) is 13.5 Å². The van der Waals surface area contributed by atoms with Gasteiger partial charge in [-0.2, -0.15) is 0 Å². The summed E-state index contributed by atoms with van der Waals surface area (Å²) < 4.78 is 12.9. The van der Waals surface area contributed by atoms with Gasteiger partial charge in [-0.1, -0.05) is 36.4 Å². The van der Waals surface area contributed by atoms with E-state index in [1.807, 2.05) is 0 Å². The second kappa shape index (κ2) is 4.87. The van der Waals surface area contributed by atoms with Crippen LogP contribution in [0.1, 0.15) is 0 Å². The van der Waals surface area contributed by atoms with Crippen molar-refractivity contribution in [1.82, 2.24) is 9.13 Å². The molecule has 0 atom stereocenters. The average Bonchev–Trinajstić information content (AvgIpc) is 3.06. The monoisotopic (exact) mass is 454 g/mol. The molecule has 122 valence electrons. The number of benzene rings is 3. The van der Waals surface area contributed by atoms with E-state index in [1.54, 1.807) is 0 Å². The first-order valence-electron chi connectivity index (χ1n) is 8.14. The Hall–Kier alpha value is -1.82. The Morgan fingerprint density at radius 2 is 1.12 bits per heavy atom. The zero-order chi connectivity index (χ0) is 16.7. The summed E-state index contributed by atoms with van der Waals surface area (Å²) in [5, 5.41) is 4.97. The van der Waals surface area contributed by atoms with E-state index in [9.17, 15) is 0 Å². The van der Waals surface area contributed by atoms with Gasteiger partial charge < -0.3 is 13.9 Å². The molecule has 1 aliphatic heterocycles. The summed E-state index contributed by atoms with van der Waals surface area (Å²) in [4.78, 5) is 0.